The van der Waals surface area contributed by atoms with Crippen molar-refractivity contribution in [1.29, 1.82) is 0 Å². The van der Waals surface area contributed by atoms with Crippen LogP contribution in [0.3, 0.4) is 0 Å². The van der Waals surface area contributed by atoms with Gasteiger partial charge in [0, 0.05) is 26.6 Å². The maximum atomic E-state index is 13.5. The summed E-state index contributed by atoms with van der Waals surface area (Å²) in [6.07, 6.45) is 3.33. The van der Waals surface area contributed by atoms with Crippen LogP contribution in [-0.2, 0) is 23.9 Å². The molecule has 3 N–H and O–H groups in total. The van der Waals surface area contributed by atoms with Gasteiger partial charge in [-0.2, -0.15) is 0 Å². The number of likely N-dealkylation sites (N-methyl/N-ethyl adjacent to an activating group) is 1. The van der Waals surface area contributed by atoms with Crippen molar-refractivity contribution in [3.8, 4) is 0 Å². The Hall–Kier alpha value is -4.02. The molecular weight excluding hydrogens is 663 g/mol. The fraction of sp³-hybridized carbons (Fsp3) is 0.562. The minimum absolute atomic E-state index is 0.0664. The number of nitrogens with one attached hydrogen (secondary N) is 3. The van der Waals surface area contributed by atoms with E-state index in [1.54, 1.807) is 33.2 Å². The molecule has 1 fully saturated rings. The summed E-state index contributed by atoms with van der Waals surface area (Å²) in [4.78, 5) is 74.8. The van der Waals surface area contributed by atoms with Crippen LogP contribution in [0.5, 0.6) is 0 Å². The van der Waals surface area contributed by atoms with Crippen molar-refractivity contribution in [2.75, 3.05) is 64.1 Å². The summed E-state index contributed by atoms with van der Waals surface area (Å²) >= 11 is 2.44. The zero-order valence-electron chi connectivity index (χ0n) is 28.7. The van der Waals surface area contributed by atoms with E-state index in [4.69, 9.17) is 19.4 Å². The number of nitrogens with zero attached hydrogens (tertiary/aromatic N) is 2. The fourth-order valence-corrected chi connectivity index (χ4v) is 7.00. The van der Waals surface area contributed by atoms with E-state index in [-0.39, 0.29) is 48.4 Å². The molecule has 0 saturated carbocycles. The van der Waals surface area contributed by atoms with Gasteiger partial charge in [0.2, 0.25) is 0 Å². The first kappa shape index (κ1) is 40.2. The first-order valence-corrected chi connectivity index (χ1v) is 17.3. The lowest BCUT2D eigenvalue weighted by molar-refractivity contribution is -0.912. The van der Waals surface area contributed by atoms with Gasteiger partial charge in [-0.05, 0) is 82.2 Å². The van der Waals surface area contributed by atoms with Gasteiger partial charge in [0.15, 0.2) is 13.1 Å². The van der Waals surface area contributed by atoms with E-state index >= 15 is 0 Å². The molecule has 1 aliphatic rings. The minimum Gasteiger partial charge on any atom is -0.554 e. The number of amides is 4. The number of aryl methyl sites for hydroxylation is 2. The third-order valence-corrected chi connectivity index (χ3v) is 9.64. The Balaban J connectivity index is 0.00000257. The fourth-order valence-electron chi connectivity index (χ4n) is 5.16. The lowest BCUT2D eigenvalue weighted by Gasteiger charge is -2.36. The van der Waals surface area contributed by atoms with E-state index in [1.807, 2.05) is 19.2 Å². The Labute approximate surface area is 289 Å². The zero-order chi connectivity index (χ0) is 36.1. The van der Waals surface area contributed by atoms with Gasteiger partial charge in [0.1, 0.15) is 15.4 Å². The van der Waals surface area contributed by atoms with Crippen LogP contribution in [0.15, 0.2) is 10.8 Å². The molecule has 14 nitrogen and oxygen atoms in total. The van der Waals surface area contributed by atoms with E-state index in [9.17, 15) is 24.0 Å². The highest BCUT2D eigenvalue weighted by Crippen LogP contribution is 2.30. The number of hydrogen-bond donors (Lipinski definition) is 3. The van der Waals surface area contributed by atoms with E-state index in [0.717, 1.165) is 36.8 Å². The molecule has 3 rings (SSSR count). The quantitative estimate of drug-likeness (QED) is 0.179. The van der Waals surface area contributed by atoms with Crippen LogP contribution < -0.4 is 21.1 Å². The molecule has 0 aromatic carbocycles. The van der Waals surface area contributed by atoms with Crippen LogP contribution >= 0.6 is 22.7 Å². The number of anilines is 2. The molecule has 1 saturated heterocycles. The number of hydrogen-bond acceptors (Lipinski definition) is 11. The summed E-state index contributed by atoms with van der Waals surface area (Å²) in [6, 6.07) is 0. The summed E-state index contributed by atoms with van der Waals surface area (Å²) in [7, 11) is 2.90. The van der Waals surface area contributed by atoms with Crippen LogP contribution in [0.4, 0.5) is 16.2 Å². The van der Waals surface area contributed by atoms with Crippen LogP contribution in [0.25, 0.3) is 0 Å². The molecule has 2 aromatic heterocycles. The van der Waals surface area contributed by atoms with Crippen molar-refractivity contribution in [1.82, 2.24) is 10.2 Å². The number of quaternary nitrogens is 1. The van der Waals surface area contributed by atoms with Crippen molar-refractivity contribution in [3.63, 3.8) is 0 Å². The van der Waals surface area contributed by atoms with Gasteiger partial charge >= 0.3 is 12.1 Å². The molecule has 3 heterocycles. The zero-order valence-corrected chi connectivity index (χ0v) is 30.3. The van der Waals surface area contributed by atoms with Crippen molar-refractivity contribution < 1.29 is 47.8 Å². The van der Waals surface area contributed by atoms with E-state index in [0.29, 0.717) is 34.2 Å². The smallest absolute Gasteiger partial charge is 0.410 e. The topological polar surface area (TPSA) is 183 Å². The second-order valence-electron chi connectivity index (χ2n) is 12.6. The predicted octanol–water partition coefficient (Wildman–Crippen LogP) is 3.14. The second kappa shape index (κ2) is 18.5. The summed E-state index contributed by atoms with van der Waals surface area (Å²) in [5, 5.41) is 20.5. The molecule has 4 amide bonds. The highest BCUT2D eigenvalue weighted by molar-refractivity contribution is 7.13. The third-order valence-electron chi connectivity index (χ3n) is 7.47. The van der Waals surface area contributed by atoms with E-state index < -0.39 is 24.1 Å². The Bertz CT molecular complexity index is 1440. The van der Waals surface area contributed by atoms with Gasteiger partial charge < -0.3 is 44.7 Å². The summed E-state index contributed by atoms with van der Waals surface area (Å²) < 4.78 is 10.5. The van der Waals surface area contributed by atoms with Crippen molar-refractivity contribution in [3.05, 3.63) is 31.6 Å². The SMILES string of the molecule is COC(=O)c1scc(C)c1NC(=O)C[N+]1(CC(=O)Nc2c(C)csc2C(=O)NCCN(C)C(=O)OC(C)(C)C)CCCCCC1.O=C[O-]. The van der Waals surface area contributed by atoms with E-state index in [2.05, 4.69) is 16.0 Å². The maximum absolute atomic E-state index is 13.5. The van der Waals surface area contributed by atoms with Crippen molar-refractivity contribution >= 4 is 70.3 Å². The molecule has 266 valence electrons. The number of methoxy groups -OCH3 is 1. The van der Waals surface area contributed by atoms with Crippen LogP contribution in [0, 0.1) is 13.8 Å². The molecule has 0 aliphatic carbocycles. The van der Waals surface area contributed by atoms with Crippen LogP contribution in [0.1, 0.15) is 76.9 Å². The number of likely N-dealkylation sites (tertiary alicyclic amines) is 1. The number of ether oxygens (including phenoxy) is 2. The summed E-state index contributed by atoms with van der Waals surface area (Å²) in [5.41, 5.74) is 1.79. The molecule has 0 bridgehead atoms. The average Bonchev–Trinajstić information content (AvgIpc) is 3.45. The van der Waals surface area contributed by atoms with Crippen LogP contribution in [-0.4, -0.2) is 105 Å². The lowest BCUT2D eigenvalue weighted by atomic mass is 10.2. The number of carboxylic acid groups (broad SMARTS) is 1. The predicted molar refractivity (Wildman–Crippen MR) is 182 cm³/mol. The Morgan fingerprint density at radius 3 is 1.88 bits per heavy atom. The highest BCUT2D eigenvalue weighted by atomic mass is 32.1. The molecule has 16 heteroatoms. The lowest BCUT2D eigenvalue weighted by Crippen LogP contribution is -2.56. The standard InChI is InChI=1S/C31H45N5O7S2.CH2O2/c1-20-18-44-26(28(39)32-12-13-35(6)30(41)43-31(3,4)5)24(20)33-22(37)16-36(14-10-8-9-11-15-36)17-23(38)34-25-21(2)19-45-27(25)29(40)42-7;2-1-3/h18-19H,8-17H2,1-7H3,(H2-,32,33,34,37,38,39,40);1H,(H,2,3). The van der Waals surface area contributed by atoms with E-state index in [1.165, 1.54) is 34.7 Å². The Morgan fingerprint density at radius 2 is 1.40 bits per heavy atom. The van der Waals surface area contributed by atoms with Gasteiger partial charge in [-0.3, -0.25) is 14.4 Å². The van der Waals surface area contributed by atoms with Gasteiger partial charge in [-0.15, -0.1) is 22.7 Å². The number of carbonyl (C=O) groups excluding carboxylic acids is 6. The molecule has 0 atom stereocenters. The molecule has 0 unspecified atom stereocenters. The minimum atomic E-state index is -0.620. The van der Waals surface area contributed by atoms with Crippen molar-refractivity contribution in [2.24, 2.45) is 0 Å². The van der Waals surface area contributed by atoms with Gasteiger partial charge in [-0.25, -0.2) is 9.59 Å². The maximum Gasteiger partial charge on any atom is 0.410 e. The Kier molecular flexibility index (Phi) is 15.5. The second-order valence-corrected chi connectivity index (χ2v) is 14.4. The largest absolute Gasteiger partial charge is 0.554 e. The summed E-state index contributed by atoms with van der Waals surface area (Å²) in [5.74, 6) is -1.43. The summed E-state index contributed by atoms with van der Waals surface area (Å²) in [6.45, 7) is 10.4. The molecule has 48 heavy (non-hydrogen) atoms. The van der Waals surface area contributed by atoms with Crippen LogP contribution in [0.2, 0.25) is 0 Å². The van der Waals surface area contributed by atoms with Gasteiger partial charge in [0.25, 0.3) is 17.7 Å². The number of thiophene rings is 2. The third kappa shape index (κ3) is 12.2. The first-order valence-electron chi connectivity index (χ1n) is 15.5. The molecule has 1 aliphatic heterocycles. The molecule has 0 radical (unpaired) electrons. The molecule has 0 spiro atoms. The first-order chi connectivity index (χ1) is 22.6. The van der Waals surface area contributed by atoms with Gasteiger partial charge in [-0.1, -0.05) is 0 Å². The monoisotopic (exact) mass is 709 g/mol. The van der Waals surface area contributed by atoms with Crippen molar-refractivity contribution in [2.45, 2.75) is 65.9 Å². The molecule has 2 aromatic rings. The molecular formula is C32H47N5O9S2. The normalized spacial score (nSPS) is 13.9. The number of esters is 1. The Morgan fingerprint density at radius 1 is 0.917 bits per heavy atom. The average molecular weight is 710 g/mol. The number of carbonyl (C=O) groups is 6. The highest BCUT2D eigenvalue weighted by Gasteiger charge is 2.35. The van der Waals surface area contributed by atoms with Gasteiger partial charge in [0.05, 0.1) is 31.6 Å². The number of rotatable bonds is 11.